The molecule has 6 nitrogen and oxygen atoms in total. The predicted octanol–water partition coefficient (Wildman–Crippen LogP) is 0.453. The number of aromatic nitrogens is 2. The molecular weight excluding hydrogens is 240 g/mol. The highest BCUT2D eigenvalue weighted by atomic mass is 32.2. The van der Waals surface area contributed by atoms with E-state index in [-0.39, 0.29) is 4.90 Å². The van der Waals surface area contributed by atoms with Crippen molar-refractivity contribution in [2.45, 2.75) is 31.1 Å². The lowest BCUT2D eigenvalue weighted by Gasteiger charge is -2.15. The Morgan fingerprint density at radius 3 is 2.82 bits per heavy atom. The third-order valence-corrected chi connectivity index (χ3v) is 4.01. The highest BCUT2D eigenvalue weighted by Crippen LogP contribution is 2.11. The Labute approximate surface area is 102 Å². The molecule has 0 bridgehead atoms. The van der Waals surface area contributed by atoms with E-state index in [1.807, 2.05) is 0 Å². The second-order valence-electron chi connectivity index (χ2n) is 4.02. The van der Waals surface area contributed by atoms with Crippen molar-refractivity contribution in [3.63, 3.8) is 0 Å². The third kappa shape index (κ3) is 4.45. The maximum atomic E-state index is 11.8. The zero-order valence-electron chi connectivity index (χ0n) is 10.0. The fraction of sp³-hybridized carbons (Fsp3) is 0.700. The molecule has 0 aliphatic heterocycles. The SMILES string of the molecule is CCCC(CCN)CNS(=O)(=O)c1cn[nH]c1. The van der Waals surface area contributed by atoms with E-state index in [1.54, 1.807) is 0 Å². The van der Waals surface area contributed by atoms with Gasteiger partial charge in [0.1, 0.15) is 4.90 Å². The fourth-order valence-electron chi connectivity index (χ4n) is 1.69. The van der Waals surface area contributed by atoms with Crippen LogP contribution in [-0.2, 0) is 10.0 Å². The molecule has 0 aliphatic carbocycles. The molecule has 0 aliphatic rings. The van der Waals surface area contributed by atoms with Crippen molar-refractivity contribution < 1.29 is 8.42 Å². The van der Waals surface area contributed by atoms with E-state index in [9.17, 15) is 8.42 Å². The third-order valence-electron chi connectivity index (χ3n) is 2.62. The van der Waals surface area contributed by atoms with Gasteiger partial charge in [0, 0.05) is 12.7 Å². The van der Waals surface area contributed by atoms with Gasteiger partial charge in [0.25, 0.3) is 0 Å². The maximum absolute atomic E-state index is 11.8. The van der Waals surface area contributed by atoms with Crippen molar-refractivity contribution in [3.05, 3.63) is 12.4 Å². The summed E-state index contributed by atoms with van der Waals surface area (Å²) in [5.74, 6) is 0.298. The molecule has 1 rings (SSSR count). The monoisotopic (exact) mass is 260 g/mol. The van der Waals surface area contributed by atoms with E-state index in [0.29, 0.717) is 19.0 Å². The highest BCUT2D eigenvalue weighted by molar-refractivity contribution is 7.89. The topological polar surface area (TPSA) is 101 Å². The smallest absolute Gasteiger partial charge is 0.243 e. The van der Waals surface area contributed by atoms with E-state index in [1.165, 1.54) is 12.4 Å². The molecule has 98 valence electrons. The summed E-state index contributed by atoms with van der Waals surface area (Å²) in [6.07, 6.45) is 5.49. The number of nitrogens with zero attached hydrogens (tertiary/aromatic N) is 1. The molecule has 0 saturated carbocycles. The first kappa shape index (κ1) is 14.1. The van der Waals surface area contributed by atoms with Gasteiger partial charge < -0.3 is 5.73 Å². The maximum Gasteiger partial charge on any atom is 0.243 e. The molecule has 0 radical (unpaired) electrons. The number of sulfonamides is 1. The summed E-state index contributed by atoms with van der Waals surface area (Å²) in [7, 11) is -3.43. The van der Waals surface area contributed by atoms with Crippen molar-refractivity contribution in [2.75, 3.05) is 13.1 Å². The van der Waals surface area contributed by atoms with Gasteiger partial charge in [-0.25, -0.2) is 13.1 Å². The quantitative estimate of drug-likeness (QED) is 0.631. The van der Waals surface area contributed by atoms with Gasteiger partial charge in [-0.15, -0.1) is 0 Å². The van der Waals surface area contributed by atoms with Crippen LogP contribution in [0.3, 0.4) is 0 Å². The molecule has 1 atom stereocenters. The molecule has 4 N–H and O–H groups in total. The van der Waals surface area contributed by atoms with Crippen molar-refractivity contribution in [3.8, 4) is 0 Å². The number of aromatic amines is 1. The first-order chi connectivity index (χ1) is 8.10. The predicted molar refractivity (Wildman–Crippen MR) is 65.8 cm³/mol. The molecule has 1 aromatic heterocycles. The standard InChI is InChI=1S/C10H20N4O2S/c1-2-3-9(4-5-11)6-14-17(15,16)10-7-12-13-8-10/h7-9,14H,2-6,11H2,1H3,(H,12,13). The Hall–Kier alpha value is -0.920. The summed E-state index contributed by atoms with van der Waals surface area (Å²) in [4.78, 5) is 0.167. The van der Waals surface area contributed by atoms with Crippen LogP contribution in [0.4, 0.5) is 0 Å². The number of nitrogens with two attached hydrogens (primary N) is 1. The van der Waals surface area contributed by atoms with Crippen molar-refractivity contribution >= 4 is 10.0 Å². The average Bonchev–Trinajstić information content (AvgIpc) is 2.81. The fourth-order valence-corrected chi connectivity index (χ4v) is 2.71. The number of H-pyrrole nitrogens is 1. The molecule has 0 amide bonds. The van der Waals surface area contributed by atoms with Crippen molar-refractivity contribution in [1.82, 2.24) is 14.9 Å². The van der Waals surface area contributed by atoms with E-state index in [4.69, 9.17) is 5.73 Å². The van der Waals surface area contributed by atoms with Crippen molar-refractivity contribution in [2.24, 2.45) is 11.7 Å². The number of nitrogens with one attached hydrogen (secondary N) is 2. The number of rotatable bonds is 8. The Balaban J connectivity index is 2.53. The molecule has 1 aromatic rings. The summed E-state index contributed by atoms with van der Waals surface area (Å²) >= 11 is 0. The van der Waals surface area contributed by atoms with E-state index < -0.39 is 10.0 Å². The Morgan fingerprint density at radius 1 is 1.53 bits per heavy atom. The van der Waals surface area contributed by atoms with Gasteiger partial charge in [-0.05, 0) is 25.3 Å². The molecule has 1 heterocycles. The lowest BCUT2D eigenvalue weighted by atomic mass is 10.0. The molecule has 7 heteroatoms. The van der Waals surface area contributed by atoms with Crippen LogP contribution in [0.1, 0.15) is 26.2 Å². The van der Waals surface area contributed by atoms with Crippen LogP contribution in [-0.4, -0.2) is 31.7 Å². The van der Waals surface area contributed by atoms with Gasteiger partial charge in [-0.3, -0.25) is 5.10 Å². The van der Waals surface area contributed by atoms with Crippen LogP contribution in [0.15, 0.2) is 17.3 Å². The van der Waals surface area contributed by atoms with Crippen LogP contribution in [0, 0.1) is 5.92 Å². The largest absolute Gasteiger partial charge is 0.330 e. The zero-order chi connectivity index (χ0) is 12.7. The minimum absolute atomic E-state index is 0.167. The van der Waals surface area contributed by atoms with Crippen molar-refractivity contribution in [1.29, 1.82) is 0 Å². The first-order valence-corrected chi connectivity index (χ1v) is 7.27. The lowest BCUT2D eigenvalue weighted by Crippen LogP contribution is -2.30. The summed E-state index contributed by atoms with van der Waals surface area (Å²) in [5, 5.41) is 6.11. The molecule has 0 fully saturated rings. The van der Waals surface area contributed by atoms with Gasteiger partial charge >= 0.3 is 0 Å². The molecule has 0 spiro atoms. The van der Waals surface area contributed by atoms with Crippen LogP contribution >= 0.6 is 0 Å². The van der Waals surface area contributed by atoms with Crippen LogP contribution in [0.5, 0.6) is 0 Å². The van der Waals surface area contributed by atoms with E-state index in [2.05, 4.69) is 21.8 Å². The molecule has 17 heavy (non-hydrogen) atoms. The van der Waals surface area contributed by atoms with E-state index in [0.717, 1.165) is 19.3 Å². The van der Waals surface area contributed by atoms with Crippen LogP contribution in [0.2, 0.25) is 0 Å². The van der Waals surface area contributed by atoms with Gasteiger partial charge in [0.05, 0.1) is 6.20 Å². The lowest BCUT2D eigenvalue weighted by molar-refractivity contribution is 0.443. The summed E-state index contributed by atoms with van der Waals surface area (Å²) in [6.45, 7) is 3.09. The van der Waals surface area contributed by atoms with Gasteiger partial charge in [0.2, 0.25) is 10.0 Å². The Kier molecular flexibility index (Phi) is 5.60. The average molecular weight is 260 g/mol. The molecular formula is C10H20N4O2S. The van der Waals surface area contributed by atoms with Gasteiger partial charge in [0.15, 0.2) is 0 Å². The minimum Gasteiger partial charge on any atom is -0.330 e. The molecule has 1 unspecified atom stereocenters. The highest BCUT2D eigenvalue weighted by Gasteiger charge is 2.17. The summed E-state index contributed by atoms with van der Waals surface area (Å²) in [5.41, 5.74) is 5.50. The Morgan fingerprint density at radius 2 is 2.29 bits per heavy atom. The normalized spacial score (nSPS) is 13.8. The van der Waals surface area contributed by atoms with Crippen LogP contribution in [0.25, 0.3) is 0 Å². The second-order valence-corrected chi connectivity index (χ2v) is 5.78. The van der Waals surface area contributed by atoms with Gasteiger partial charge in [-0.1, -0.05) is 13.3 Å². The summed E-state index contributed by atoms with van der Waals surface area (Å²) in [6, 6.07) is 0. The molecule has 0 aromatic carbocycles. The first-order valence-electron chi connectivity index (χ1n) is 5.78. The second kappa shape index (κ2) is 6.73. The van der Waals surface area contributed by atoms with Crippen LogP contribution < -0.4 is 10.5 Å². The minimum atomic E-state index is -3.43. The number of hydrogen-bond donors (Lipinski definition) is 3. The zero-order valence-corrected chi connectivity index (χ0v) is 10.8. The Bertz CT molecular complexity index is 396. The molecule has 0 saturated heterocycles. The number of hydrogen-bond acceptors (Lipinski definition) is 4. The summed E-state index contributed by atoms with van der Waals surface area (Å²) < 4.78 is 26.2. The van der Waals surface area contributed by atoms with Gasteiger partial charge in [-0.2, -0.15) is 5.10 Å². The van der Waals surface area contributed by atoms with E-state index >= 15 is 0 Å².